The first-order valence-corrected chi connectivity index (χ1v) is 6.21. The third kappa shape index (κ3) is 4.93. The second-order valence-corrected chi connectivity index (χ2v) is 4.87. The van der Waals surface area contributed by atoms with Crippen molar-refractivity contribution in [2.75, 3.05) is 19.0 Å². The summed E-state index contributed by atoms with van der Waals surface area (Å²) in [6.07, 6.45) is 0. The van der Waals surface area contributed by atoms with Gasteiger partial charge in [0, 0.05) is 16.6 Å². The molecule has 0 spiro atoms. The predicted octanol–water partition coefficient (Wildman–Crippen LogP) is 3.26. The van der Waals surface area contributed by atoms with Gasteiger partial charge < -0.3 is 15.4 Å². The third-order valence-electron chi connectivity index (χ3n) is 1.97. The summed E-state index contributed by atoms with van der Waals surface area (Å²) in [5.41, 5.74) is 0.663. The highest BCUT2D eigenvalue weighted by Crippen LogP contribution is 2.25. The largest absolute Gasteiger partial charge is 0.383 e. The van der Waals surface area contributed by atoms with Gasteiger partial charge >= 0.3 is 6.03 Å². The first-order valence-electron chi connectivity index (χ1n) is 5.04. The monoisotopic (exact) mass is 320 g/mol. The molecule has 1 rings (SSSR count). The maximum Gasteiger partial charge on any atom is 0.319 e. The van der Waals surface area contributed by atoms with Crippen LogP contribution in [0.2, 0.25) is 5.02 Å². The van der Waals surface area contributed by atoms with Crippen molar-refractivity contribution in [3.05, 3.63) is 27.7 Å². The number of carbonyl (C=O) groups excluding carboxylic acids is 1. The average molecular weight is 322 g/mol. The Kier molecular flexibility index (Phi) is 5.74. The molecule has 0 aliphatic rings. The van der Waals surface area contributed by atoms with Crippen LogP contribution >= 0.6 is 27.5 Å². The fourth-order valence-corrected chi connectivity index (χ4v) is 2.05. The number of carbonyl (C=O) groups is 1. The second kappa shape index (κ2) is 6.83. The van der Waals surface area contributed by atoms with Crippen LogP contribution in [0.1, 0.15) is 6.92 Å². The van der Waals surface area contributed by atoms with Gasteiger partial charge in [-0.2, -0.15) is 0 Å². The van der Waals surface area contributed by atoms with Crippen molar-refractivity contribution in [1.29, 1.82) is 0 Å². The molecule has 4 nitrogen and oxygen atoms in total. The van der Waals surface area contributed by atoms with E-state index < -0.39 is 0 Å². The van der Waals surface area contributed by atoms with Crippen LogP contribution in [0.5, 0.6) is 0 Å². The van der Waals surface area contributed by atoms with Gasteiger partial charge in [0.2, 0.25) is 0 Å². The Balaban J connectivity index is 2.56. The number of hydrogen-bond donors (Lipinski definition) is 2. The van der Waals surface area contributed by atoms with Crippen molar-refractivity contribution in [3.63, 3.8) is 0 Å². The van der Waals surface area contributed by atoms with Gasteiger partial charge in [0.1, 0.15) is 0 Å². The molecule has 0 aliphatic carbocycles. The Morgan fingerprint density at radius 3 is 2.88 bits per heavy atom. The van der Waals surface area contributed by atoms with Crippen molar-refractivity contribution in [3.8, 4) is 0 Å². The maximum atomic E-state index is 11.6. The van der Waals surface area contributed by atoms with E-state index >= 15 is 0 Å². The molecule has 1 aromatic carbocycles. The lowest BCUT2D eigenvalue weighted by molar-refractivity contribution is 0.173. The number of halogens is 2. The summed E-state index contributed by atoms with van der Waals surface area (Å²) in [6.45, 7) is 2.33. The molecule has 0 aliphatic heterocycles. The number of benzene rings is 1. The van der Waals surface area contributed by atoms with E-state index in [1.54, 1.807) is 25.3 Å². The van der Waals surface area contributed by atoms with Crippen LogP contribution in [0.25, 0.3) is 0 Å². The Bertz CT molecular complexity index is 401. The van der Waals surface area contributed by atoms with Crippen LogP contribution in [0.4, 0.5) is 10.5 Å². The van der Waals surface area contributed by atoms with E-state index in [0.717, 1.165) is 4.47 Å². The number of nitrogens with one attached hydrogen (secondary N) is 2. The molecule has 0 radical (unpaired) electrons. The van der Waals surface area contributed by atoms with E-state index in [1.165, 1.54) is 0 Å². The van der Waals surface area contributed by atoms with Crippen molar-refractivity contribution >= 4 is 39.2 Å². The molecular weight excluding hydrogens is 307 g/mol. The van der Waals surface area contributed by atoms with Gasteiger partial charge in [-0.3, -0.25) is 0 Å². The molecule has 17 heavy (non-hydrogen) atoms. The molecule has 1 atom stereocenters. The summed E-state index contributed by atoms with van der Waals surface area (Å²) in [5, 5.41) is 6.06. The van der Waals surface area contributed by atoms with Crippen LogP contribution in [0.15, 0.2) is 22.7 Å². The molecule has 0 unspecified atom stereocenters. The molecule has 2 amide bonds. The molecule has 6 heteroatoms. The summed E-state index contributed by atoms with van der Waals surface area (Å²) in [7, 11) is 1.59. The molecule has 0 fully saturated rings. The zero-order chi connectivity index (χ0) is 12.8. The Morgan fingerprint density at radius 1 is 1.59 bits per heavy atom. The fraction of sp³-hybridized carbons (Fsp3) is 0.364. The topological polar surface area (TPSA) is 50.4 Å². The minimum atomic E-state index is -0.280. The normalized spacial score (nSPS) is 12.0. The van der Waals surface area contributed by atoms with Crippen LogP contribution in [-0.4, -0.2) is 25.8 Å². The molecule has 2 N–H and O–H groups in total. The minimum absolute atomic E-state index is 0.0499. The van der Waals surface area contributed by atoms with Crippen LogP contribution < -0.4 is 10.6 Å². The quantitative estimate of drug-likeness (QED) is 0.894. The van der Waals surface area contributed by atoms with Crippen molar-refractivity contribution in [1.82, 2.24) is 5.32 Å². The molecule has 94 valence electrons. The number of anilines is 1. The highest BCUT2D eigenvalue weighted by atomic mass is 79.9. The smallest absolute Gasteiger partial charge is 0.319 e. The van der Waals surface area contributed by atoms with Gasteiger partial charge in [-0.1, -0.05) is 11.6 Å². The predicted molar refractivity (Wildman–Crippen MR) is 72.6 cm³/mol. The summed E-state index contributed by atoms with van der Waals surface area (Å²) in [6, 6.07) is 4.83. The maximum absolute atomic E-state index is 11.6. The number of hydrogen-bond acceptors (Lipinski definition) is 2. The second-order valence-electron chi connectivity index (χ2n) is 3.58. The lowest BCUT2D eigenvalue weighted by atomic mass is 10.3. The number of rotatable bonds is 4. The van der Waals surface area contributed by atoms with E-state index in [4.69, 9.17) is 16.3 Å². The molecule has 0 aromatic heterocycles. The van der Waals surface area contributed by atoms with Gasteiger partial charge in [0.25, 0.3) is 0 Å². The van der Waals surface area contributed by atoms with E-state index in [0.29, 0.717) is 17.3 Å². The van der Waals surface area contributed by atoms with E-state index in [1.807, 2.05) is 6.92 Å². The summed E-state index contributed by atoms with van der Waals surface area (Å²) >= 11 is 9.13. The molecule has 0 heterocycles. The fourth-order valence-electron chi connectivity index (χ4n) is 1.26. The third-order valence-corrected chi connectivity index (χ3v) is 2.86. The Labute approximate surface area is 114 Å². The van der Waals surface area contributed by atoms with E-state index in [9.17, 15) is 4.79 Å². The van der Waals surface area contributed by atoms with Gasteiger partial charge in [0.05, 0.1) is 18.3 Å². The molecular formula is C11H14BrClN2O2. The van der Waals surface area contributed by atoms with Crippen LogP contribution in [-0.2, 0) is 4.74 Å². The minimum Gasteiger partial charge on any atom is -0.383 e. The lowest BCUT2D eigenvalue weighted by Crippen LogP contribution is -2.38. The summed E-state index contributed by atoms with van der Waals surface area (Å²) in [5.74, 6) is 0. The highest BCUT2D eigenvalue weighted by molar-refractivity contribution is 9.10. The lowest BCUT2D eigenvalue weighted by Gasteiger charge is -2.14. The first-order chi connectivity index (χ1) is 8.02. The Morgan fingerprint density at radius 2 is 2.29 bits per heavy atom. The number of amides is 2. The molecule has 0 saturated heterocycles. The zero-order valence-corrected chi connectivity index (χ0v) is 11.9. The SMILES string of the molecule is COC[C@@H](C)NC(=O)Nc1ccc(Cl)cc1Br. The molecule has 0 saturated carbocycles. The van der Waals surface area contributed by atoms with Crippen LogP contribution in [0.3, 0.4) is 0 Å². The van der Waals surface area contributed by atoms with Gasteiger partial charge in [-0.05, 0) is 41.1 Å². The van der Waals surface area contributed by atoms with Gasteiger partial charge in [-0.25, -0.2) is 4.79 Å². The first kappa shape index (κ1) is 14.3. The van der Waals surface area contributed by atoms with Gasteiger partial charge in [-0.15, -0.1) is 0 Å². The van der Waals surface area contributed by atoms with E-state index in [2.05, 4.69) is 26.6 Å². The van der Waals surface area contributed by atoms with Crippen molar-refractivity contribution in [2.24, 2.45) is 0 Å². The summed E-state index contributed by atoms with van der Waals surface area (Å²) in [4.78, 5) is 11.6. The summed E-state index contributed by atoms with van der Waals surface area (Å²) < 4.78 is 5.66. The Hall–Kier alpha value is -0.780. The van der Waals surface area contributed by atoms with Gasteiger partial charge in [0.15, 0.2) is 0 Å². The molecule has 1 aromatic rings. The van der Waals surface area contributed by atoms with Crippen molar-refractivity contribution in [2.45, 2.75) is 13.0 Å². The van der Waals surface area contributed by atoms with E-state index in [-0.39, 0.29) is 12.1 Å². The van der Waals surface area contributed by atoms with Crippen molar-refractivity contribution < 1.29 is 9.53 Å². The molecule has 0 bridgehead atoms. The average Bonchev–Trinajstić information content (AvgIpc) is 2.22. The zero-order valence-electron chi connectivity index (χ0n) is 9.59. The number of ether oxygens (including phenoxy) is 1. The number of urea groups is 1. The number of methoxy groups -OCH3 is 1. The standard InChI is InChI=1S/C11H14BrClN2O2/c1-7(6-17-2)14-11(16)15-10-4-3-8(13)5-9(10)12/h3-5,7H,6H2,1-2H3,(H2,14,15,16)/t7-/m1/s1. The van der Waals surface area contributed by atoms with Crippen LogP contribution in [0, 0.1) is 0 Å². The highest BCUT2D eigenvalue weighted by Gasteiger charge is 2.08.